The maximum atomic E-state index is 13.1. The van der Waals surface area contributed by atoms with Gasteiger partial charge < -0.3 is 9.88 Å². The number of nitrogens with zero attached hydrogens (tertiary/aromatic N) is 2. The molecule has 0 aliphatic carbocycles. The second-order valence-electron chi connectivity index (χ2n) is 7.44. The summed E-state index contributed by atoms with van der Waals surface area (Å²) < 4.78 is 29.5. The van der Waals surface area contributed by atoms with E-state index < -0.39 is 15.9 Å². The summed E-state index contributed by atoms with van der Waals surface area (Å²) in [6.45, 7) is 6.72. The van der Waals surface area contributed by atoms with Crippen LogP contribution in [0.15, 0.2) is 46.3 Å². The molecule has 3 rings (SSSR count). The first-order chi connectivity index (χ1) is 13.7. The third-order valence-corrected chi connectivity index (χ3v) is 7.40. The molecular formula is C21H27N3O4S. The van der Waals surface area contributed by atoms with Gasteiger partial charge in [-0.1, -0.05) is 12.5 Å². The Hall–Kier alpha value is -2.45. The standard InChI is InChI=1S/C21H27N3O4S/c1-4-23-12-10-20(25)19(14-23)22-21(26)18-13-17(9-8-15(18)2)29(27,28)24-11-6-5-7-16(24)3/h8-10,12-14,16H,4-7,11H2,1-3H3,(H,22,26). The molecule has 2 aromatic rings. The molecular weight excluding hydrogens is 390 g/mol. The molecule has 1 saturated heterocycles. The number of sulfonamides is 1. The highest BCUT2D eigenvalue weighted by Crippen LogP contribution is 2.26. The average molecular weight is 418 g/mol. The van der Waals surface area contributed by atoms with Crippen molar-refractivity contribution >= 4 is 21.6 Å². The number of aromatic nitrogens is 1. The zero-order chi connectivity index (χ0) is 21.2. The Bertz CT molecular complexity index is 1080. The van der Waals surface area contributed by atoms with Gasteiger partial charge in [0.25, 0.3) is 5.91 Å². The molecule has 2 heterocycles. The largest absolute Gasteiger partial charge is 0.352 e. The number of rotatable bonds is 5. The molecule has 0 spiro atoms. The van der Waals surface area contributed by atoms with E-state index in [9.17, 15) is 18.0 Å². The third-order valence-electron chi connectivity index (χ3n) is 5.39. The van der Waals surface area contributed by atoms with Crippen molar-refractivity contribution in [3.8, 4) is 0 Å². The lowest BCUT2D eigenvalue weighted by Gasteiger charge is -2.32. The minimum absolute atomic E-state index is 0.0656. The maximum absolute atomic E-state index is 13.1. The molecule has 29 heavy (non-hydrogen) atoms. The zero-order valence-electron chi connectivity index (χ0n) is 17.0. The highest BCUT2D eigenvalue weighted by molar-refractivity contribution is 7.89. The Labute approximate surface area is 171 Å². The lowest BCUT2D eigenvalue weighted by molar-refractivity contribution is 0.102. The fourth-order valence-electron chi connectivity index (χ4n) is 3.58. The predicted molar refractivity (Wildman–Crippen MR) is 113 cm³/mol. The molecule has 1 atom stereocenters. The molecule has 1 aliphatic rings. The number of hydrogen-bond donors (Lipinski definition) is 1. The van der Waals surface area contributed by atoms with Crippen LogP contribution in [0.2, 0.25) is 0 Å². The minimum atomic E-state index is -3.69. The van der Waals surface area contributed by atoms with Crippen LogP contribution in [-0.2, 0) is 16.6 Å². The predicted octanol–water partition coefficient (Wildman–Crippen LogP) is 2.99. The molecule has 0 bridgehead atoms. The number of carbonyl (C=O) groups is 1. The SMILES string of the molecule is CCn1ccc(=O)c(NC(=O)c2cc(S(=O)(=O)N3CCCCC3C)ccc2C)c1. The third kappa shape index (κ3) is 4.43. The van der Waals surface area contributed by atoms with Crippen LogP contribution in [0.1, 0.15) is 49.0 Å². The first-order valence-corrected chi connectivity index (χ1v) is 11.3. The molecule has 1 unspecified atom stereocenters. The molecule has 156 valence electrons. The molecule has 1 aromatic carbocycles. The lowest BCUT2D eigenvalue weighted by atomic mass is 10.1. The summed E-state index contributed by atoms with van der Waals surface area (Å²) in [4.78, 5) is 25.0. The van der Waals surface area contributed by atoms with E-state index in [1.165, 1.54) is 22.5 Å². The summed E-state index contributed by atoms with van der Waals surface area (Å²) in [5.41, 5.74) is 0.741. The molecule has 1 aliphatic heterocycles. The van der Waals surface area contributed by atoms with E-state index in [0.717, 1.165) is 19.3 Å². The monoisotopic (exact) mass is 417 g/mol. The Morgan fingerprint density at radius 3 is 2.69 bits per heavy atom. The summed E-state index contributed by atoms with van der Waals surface area (Å²) in [6, 6.07) is 5.90. The fourth-order valence-corrected chi connectivity index (χ4v) is 5.30. The van der Waals surface area contributed by atoms with Crippen molar-refractivity contribution in [2.75, 3.05) is 11.9 Å². The van der Waals surface area contributed by atoms with Gasteiger partial charge in [0, 0.05) is 43.2 Å². The maximum Gasteiger partial charge on any atom is 0.256 e. The Balaban J connectivity index is 1.93. The molecule has 0 radical (unpaired) electrons. The van der Waals surface area contributed by atoms with Crippen LogP contribution in [0, 0.1) is 6.92 Å². The van der Waals surface area contributed by atoms with Crippen LogP contribution in [0.25, 0.3) is 0 Å². The molecule has 0 saturated carbocycles. The van der Waals surface area contributed by atoms with E-state index >= 15 is 0 Å². The van der Waals surface area contributed by atoms with Crippen LogP contribution in [0.3, 0.4) is 0 Å². The van der Waals surface area contributed by atoms with Crippen LogP contribution < -0.4 is 10.7 Å². The van der Waals surface area contributed by atoms with Crippen molar-refractivity contribution in [3.63, 3.8) is 0 Å². The first kappa shape index (κ1) is 21.3. The molecule has 1 fully saturated rings. The molecule has 1 N–H and O–H groups in total. The Morgan fingerprint density at radius 2 is 2.00 bits per heavy atom. The van der Waals surface area contributed by atoms with Crippen molar-refractivity contribution < 1.29 is 13.2 Å². The van der Waals surface area contributed by atoms with E-state index in [1.54, 1.807) is 30.0 Å². The minimum Gasteiger partial charge on any atom is -0.352 e. The van der Waals surface area contributed by atoms with Crippen LogP contribution in [0.5, 0.6) is 0 Å². The molecule has 7 nitrogen and oxygen atoms in total. The fraction of sp³-hybridized carbons (Fsp3) is 0.429. The number of nitrogens with one attached hydrogen (secondary N) is 1. The number of piperidine rings is 1. The van der Waals surface area contributed by atoms with E-state index in [2.05, 4.69) is 5.32 Å². The molecule has 8 heteroatoms. The number of hydrogen-bond acceptors (Lipinski definition) is 4. The van der Waals surface area contributed by atoms with Crippen molar-refractivity contribution in [2.24, 2.45) is 0 Å². The summed E-state index contributed by atoms with van der Waals surface area (Å²) >= 11 is 0. The van der Waals surface area contributed by atoms with Crippen molar-refractivity contribution in [2.45, 2.75) is 57.5 Å². The van der Waals surface area contributed by atoms with Gasteiger partial charge in [-0.25, -0.2) is 8.42 Å². The smallest absolute Gasteiger partial charge is 0.256 e. The second kappa shape index (κ2) is 8.51. The number of aryl methyl sites for hydroxylation is 2. The van der Waals surface area contributed by atoms with Crippen LogP contribution in [0.4, 0.5) is 5.69 Å². The van der Waals surface area contributed by atoms with Gasteiger partial charge in [0.15, 0.2) is 0 Å². The van der Waals surface area contributed by atoms with Crippen LogP contribution in [-0.4, -0.2) is 35.8 Å². The van der Waals surface area contributed by atoms with E-state index in [1.807, 2.05) is 13.8 Å². The number of carbonyl (C=O) groups excluding carboxylic acids is 1. The van der Waals surface area contributed by atoms with E-state index in [0.29, 0.717) is 18.7 Å². The highest BCUT2D eigenvalue weighted by atomic mass is 32.2. The normalized spacial score (nSPS) is 17.8. The molecule has 1 amide bonds. The van der Waals surface area contributed by atoms with Crippen molar-refractivity contribution in [1.29, 1.82) is 0 Å². The number of amides is 1. The second-order valence-corrected chi connectivity index (χ2v) is 9.34. The van der Waals surface area contributed by atoms with E-state index in [4.69, 9.17) is 0 Å². The number of pyridine rings is 1. The van der Waals surface area contributed by atoms with Gasteiger partial charge in [-0.3, -0.25) is 9.59 Å². The Morgan fingerprint density at radius 1 is 1.24 bits per heavy atom. The lowest BCUT2D eigenvalue weighted by Crippen LogP contribution is -2.42. The number of benzene rings is 1. The summed E-state index contributed by atoms with van der Waals surface area (Å²) in [6.07, 6.45) is 5.90. The zero-order valence-corrected chi connectivity index (χ0v) is 17.8. The van der Waals surface area contributed by atoms with Crippen molar-refractivity contribution in [3.05, 3.63) is 58.0 Å². The van der Waals surface area contributed by atoms with Gasteiger partial charge in [-0.05, 0) is 51.3 Å². The van der Waals surface area contributed by atoms with Gasteiger partial charge in [0.1, 0.15) is 5.69 Å². The van der Waals surface area contributed by atoms with E-state index in [-0.39, 0.29) is 27.6 Å². The van der Waals surface area contributed by atoms with Gasteiger partial charge in [0.2, 0.25) is 15.5 Å². The van der Waals surface area contributed by atoms with Gasteiger partial charge >= 0.3 is 0 Å². The summed E-state index contributed by atoms with van der Waals surface area (Å²) in [7, 11) is -3.69. The highest BCUT2D eigenvalue weighted by Gasteiger charge is 2.31. The van der Waals surface area contributed by atoms with Gasteiger partial charge in [-0.15, -0.1) is 0 Å². The van der Waals surface area contributed by atoms with Crippen LogP contribution >= 0.6 is 0 Å². The Kier molecular flexibility index (Phi) is 6.24. The first-order valence-electron chi connectivity index (χ1n) is 9.88. The molecule has 1 aromatic heterocycles. The number of anilines is 1. The van der Waals surface area contributed by atoms with Gasteiger partial charge in [0.05, 0.1) is 4.90 Å². The quantitative estimate of drug-likeness (QED) is 0.810. The van der Waals surface area contributed by atoms with Gasteiger partial charge in [-0.2, -0.15) is 4.31 Å². The average Bonchev–Trinajstić information content (AvgIpc) is 2.70. The summed E-state index contributed by atoms with van der Waals surface area (Å²) in [5, 5.41) is 2.63. The van der Waals surface area contributed by atoms with Crippen molar-refractivity contribution in [1.82, 2.24) is 8.87 Å². The summed E-state index contributed by atoms with van der Waals surface area (Å²) in [5.74, 6) is -0.503. The topological polar surface area (TPSA) is 88.5 Å².